The van der Waals surface area contributed by atoms with Crippen LogP contribution in [0.1, 0.15) is 27.7 Å². The van der Waals surface area contributed by atoms with Crippen molar-refractivity contribution < 1.29 is 14.3 Å². The van der Waals surface area contributed by atoms with Crippen LogP contribution < -0.4 is 5.32 Å². The number of esters is 1. The van der Waals surface area contributed by atoms with Crippen molar-refractivity contribution >= 4 is 17.6 Å². The molecule has 1 aromatic heterocycles. The summed E-state index contributed by atoms with van der Waals surface area (Å²) in [6, 6.07) is 19.6. The zero-order chi connectivity index (χ0) is 17.6. The predicted octanol–water partition coefficient (Wildman–Crippen LogP) is 3.86. The first kappa shape index (κ1) is 16.5. The normalized spacial score (nSPS) is 11.6. The second-order valence-corrected chi connectivity index (χ2v) is 5.64. The minimum Gasteiger partial charge on any atom is -0.443 e. The molecule has 2 N–H and O–H groups in total. The summed E-state index contributed by atoms with van der Waals surface area (Å²) in [7, 11) is 0. The minimum atomic E-state index is -1.04. The summed E-state index contributed by atoms with van der Waals surface area (Å²) in [6.45, 7) is 1.97. The van der Waals surface area contributed by atoms with E-state index >= 15 is 0 Å². The van der Waals surface area contributed by atoms with E-state index < -0.39 is 18.0 Å². The molecule has 0 saturated heterocycles. The van der Waals surface area contributed by atoms with Crippen LogP contribution in [0.4, 0.5) is 5.69 Å². The van der Waals surface area contributed by atoms with Crippen LogP contribution in [0.25, 0.3) is 0 Å². The number of benzene rings is 2. The molecule has 3 rings (SSSR count). The molecule has 1 amide bonds. The van der Waals surface area contributed by atoms with Gasteiger partial charge in [-0.1, -0.05) is 48.0 Å². The molecule has 1 heterocycles. The van der Waals surface area contributed by atoms with Gasteiger partial charge in [-0.2, -0.15) is 0 Å². The smallest absolute Gasteiger partial charge is 0.355 e. The zero-order valence-electron chi connectivity index (χ0n) is 13.7. The highest BCUT2D eigenvalue weighted by atomic mass is 16.5. The number of H-pyrrole nitrogens is 1. The molecule has 0 bridgehead atoms. The van der Waals surface area contributed by atoms with Crippen molar-refractivity contribution in [3.05, 3.63) is 89.7 Å². The van der Waals surface area contributed by atoms with E-state index in [1.165, 1.54) is 0 Å². The number of carbonyl (C=O) groups excluding carboxylic acids is 2. The molecule has 0 radical (unpaired) electrons. The number of ether oxygens (including phenoxy) is 1. The van der Waals surface area contributed by atoms with E-state index in [0.717, 1.165) is 5.56 Å². The molecule has 0 aliphatic rings. The van der Waals surface area contributed by atoms with Gasteiger partial charge in [-0.3, -0.25) is 4.79 Å². The van der Waals surface area contributed by atoms with Crippen LogP contribution in [0.2, 0.25) is 0 Å². The molecule has 0 spiro atoms. The van der Waals surface area contributed by atoms with Crippen molar-refractivity contribution in [2.75, 3.05) is 5.32 Å². The van der Waals surface area contributed by atoms with Gasteiger partial charge in [0.25, 0.3) is 5.91 Å². The summed E-state index contributed by atoms with van der Waals surface area (Å²) in [4.78, 5) is 27.7. The van der Waals surface area contributed by atoms with Gasteiger partial charge in [-0.15, -0.1) is 0 Å². The molecular formula is C20H18N2O3. The van der Waals surface area contributed by atoms with Crippen LogP contribution in [0.15, 0.2) is 72.9 Å². The molecule has 0 aliphatic carbocycles. The predicted molar refractivity (Wildman–Crippen MR) is 95.2 cm³/mol. The van der Waals surface area contributed by atoms with Crippen LogP contribution in [-0.2, 0) is 9.53 Å². The molecule has 5 nitrogen and oxygen atoms in total. The molecule has 1 atom stereocenters. The molecule has 0 aliphatic heterocycles. The maximum absolute atomic E-state index is 12.7. The lowest BCUT2D eigenvalue weighted by Crippen LogP contribution is -2.26. The number of nitrogens with one attached hydrogen (secondary N) is 2. The Labute approximate surface area is 145 Å². The first-order chi connectivity index (χ1) is 12.1. The van der Waals surface area contributed by atoms with Gasteiger partial charge in [0.05, 0.1) is 0 Å². The van der Waals surface area contributed by atoms with Crippen molar-refractivity contribution in [2.24, 2.45) is 0 Å². The lowest BCUT2D eigenvalue weighted by Gasteiger charge is -2.18. The van der Waals surface area contributed by atoms with E-state index in [1.807, 2.05) is 37.3 Å². The number of aromatic nitrogens is 1. The van der Waals surface area contributed by atoms with E-state index in [1.54, 1.807) is 42.6 Å². The number of amides is 1. The van der Waals surface area contributed by atoms with E-state index in [2.05, 4.69) is 10.3 Å². The van der Waals surface area contributed by atoms with Crippen LogP contribution in [-0.4, -0.2) is 16.9 Å². The lowest BCUT2D eigenvalue weighted by atomic mass is 10.1. The second-order valence-electron chi connectivity index (χ2n) is 5.64. The molecule has 0 fully saturated rings. The third-order valence-corrected chi connectivity index (χ3v) is 3.70. The van der Waals surface area contributed by atoms with Gasteiger partial charge < -0.3 is 15.0 Å². The number of hydrogen-bond donors (Lipinski definition) is 2. The van der Waals surface area contributed by atoms with Crippen LogP contribution in [0.3, 0.4) is 0 Å². The quantitative estimate of drug-likeness (QED) is 0.696. The number of aryl methyl sites for hydroxylation is 1. The van der Waals surface area contributed by atoms with Gasteiger partial charge in [0, 0.05) is 17.4 Å². The van der Waals surface area contributed by atoms with E-state index in [0.29, 0.717) is 16.9 Å². The van der Waals surface area contributed by atoms with Gasteiger partial charge in [0.1, 0.15) is 5.69 Å². The van der Waals surface area contributed by atoms with E-state index in [9.17, 15) is 9.59 Å². The molecule has 3 aromatic rings. The average Bonchev–Trinajstić information content (AvgIpc) is 3.17. The number of carbonyl (C=O) groups is 2. The van der Waals surface area contributed by atoms with E-state index in [-0.39, 0.29) is 0 Å². The first-order valence-electron chi connectivity index (χ1n) is 7.90. The van der Waals surface area contributed by atoms with Crippen molar-refractivity contribution in [1.29, 1.82) is 0 Å². The Morgan fingerprint density at radius 1 is 0.960 bits per heavy atom. The molecule has 0 unspecified atom stereocenters. The fourth-order valence-corrected chi connectivity index (χ4v) is 2.37. The average molecular weight is 334 g/mol. The Bertz CT molecular complexity index is 840. The molecule has 25 heavy (non-hydrogen) atoms. The minimum absolute atomic E-state index is 0.295. The van der Waals surface area contributed by atoms with Crippen molar-refractivity contribution in [1.82, 2.24) is 4.98 Å². The molecule has 5 heteroatoms. The molecule has 126 valence electrons. The number of anilines is 1. The largest absolute Gasteiger partial charge is 0.443 e. The highest BCUT2D eigenvalue weighted by molar-refractivity contribution is 5.97. The highest BCUT2D eigenvalue weighted by Crippen LogP contribution is 2.21. The SMILES string of the molecule is Cc1ccc(NC(=O)[C@@H](OC(=O)c2ccc[nH]2)c2ccccc2)cc1. The molecular weight excluding hydrogens is 316 g/mol. The number of rotatable bonds is 5. The second kappa shape index (κ2) is 7.49. The Hall–Kier alpha value is -3.34. The Morgan fingerprint density at radius 3 is 2.32 bits per heavy atom. The van der Waals surface area contributed by atoms with Crippen molar-refractivity contribution in [2.45, 2.75) is 13.0 Å². The molecule has 2 aromatic carbocycles. The summed E-state index contributed by atoms with van der Waals surface area (Å²) in [5, 5.41) is 2.79. The maximum atomic E-state index is 12.7. The standard InChI is InChI=1S/C20H18N2O3/c1-14-9-11-16(12-10-14)22-19(23)18(15-6-3-2-4-7-15)25-20(24)17-8-5-13-21-17/h2-13,18,21H,1H3,(H,22,23)/t18-/m0/s1. The molecule has 0 saturated carbocycles. The Kier molecular flexibility index (Phi) is 4.95. The van der Waals surface area contributed by atoms with E-state index in [4.69, 9.17) is 4.74 Å². The van der Waals surface area contributed by atoms with Gasteiger partial charge in [-0.25, -0.2) is 4.79 Å². The zero-order valence-corrected chi connectivity index (χ0v) is 13.7. The first-order valence-corrected chi connectivity index (χ1v) is 7.90. The van der Waals surface area contributed by atoms with Crippen LogP contribution >= 0.6 is 0 Å². The lowest BCUT2D eigenvalue weighted by molar-refractivity contribution is -0.125. The third-order valence-electron chi connectivity index (χ3n) is 3.70. The van der Waals surface area contributed by atoms with Crippen molar-refractivity contribution in [3.8, 4) is 0 Å². The summed E-state index contributed by atoms with van der Waals surface area (Å²) in [6.07, 6.45) is 0.582. The maximum Gasteiger partial charge on any atom is 0.355 e. The van der Waals surface area contributed by atoms with Crippen LogP contribution in [0, 0.1) is 6.92 Å². The fourth-order valence-electron chi connectivity index (χ4n) is 2.37. The third kappa shape index (κ3) is 4.14. The Balaban J connectivity index is 1.81. The number of aromatic amines is 1. The van der Waals surface area contributed by atoms with Gasteiger partial charge in [0.2, 0.25) is 6.10 Å². The van der Waals surface area contributed by atoms with Gasteiger partial charge in [0.15, 0.2) is 0 Å². The Morgan fingerprint density at radius 2 is 1.68 bits per heavy atom. The van der Waals surface area contributed by atoms with Crippen LogP contribution in [0.5, 0.6) is 0 Å². The summed E-state index contributed by atoms with van der Waals surface area (Å²) in [5.74, 6) is -0.993. The fraction of sp³-hybridized carbons (Fsp3) is 0.100. The summed E-state index contributed by atoms with van der Waals surface area (Å²) >= 11 is 0. The van der Waals surface area contributed by atoms with Gasteiger partial charge >= 0.3 is 5.97 Å². The topological polar surface area (TPSA) is 71.2 Å². The monoisotopic (exact) mass is 334 g/mol. The number of hydrogen-bond acceptors (Lipinski definition) is 3. The van der Waals surface area contributed by atoms with Crippen molar-refractivity contribution in [3.63, 3.8) is 0 Å². The van der Waals surface area contributed by atoms with Gasteiger partial charge in [-0.05, 0) is 31.2 Å². The highest BCUT2D eigenvalue weighted by Gasteiger charge is 2.26. The summed E-state index contributed by atoms with van der Waals surface area (Å²) in [5.41, 5.74) is 2.64. The summed E-state index contributed by atoms with van der Waals surface area (Å²) < 4.78 is 5.46.